The van der Waals surface area contributed by atoms with E-state index in [0.29, 0.717) is 0 Å². The summed E-state index contributed by atoms with van der Waals surface area (Å²) in [4.78, 5) is 19.5. The second kappa shape index (κ2) is 4.59. The van der Waals surface area contributed by atoms with Crippen molar-refractivity contribution in [3.63, 3.8) is 0 Å². The first-order valence-electron chi connectivity index (χ1n) is 3.37. The van der Waals surface area contributed by atoms with E-state index in [0.717, 1.165) is 0 Å². The molecule has 1 rings (SSSR count). The largest absolute Gasteiger partial charge is 0.312 e. The fraction of sp³-hybridized carbons (Fsp3) is 0.143. The minimum absolute atomic E-state index is 0.0465. The molecule has 0 radical (unpaired) electrons. The van der Waals surface area contributed by atoms with Crippen molar-refractivity contribution in [2.45, 2.75) is 0 Å². The number of hydrogen-bond donors (Lipinski definition) is 1. The first-order chi connectivity index (χ1) is 6.34. The fourth-order valence-electron chi connectivity index (χ4n) is 0.635. The molecule has 0 saturated heterocycles. The second-order valence-corrected chi connectivity index (χ2v) is 1.99. The highest BCUT2D eigenvalue weighted by Crippen LogP contribution is 1.80. The number of H-pyrrole nitrogens is 1. The highest BCUT2D eigenvalue weighted by molar-refractivity contribution is 5.29. The lowest BCUT2D eigenvalue weighted by Gasteiger charge is -1.84. The Labute approximate surface area is 73.3 Å². The maximum atomic E-state index is 11.0. The van der Waals surface area contributed by atoms with Crippen LogP contribution in [0.1, 0.15) is 5.56 Å². The van der Waals surface area contributed by atoms with Gasteiger partial charge in [0, 0.05) is 11.1 Å². The third-order valence-corrected chi connectivity index (χ3v) is 1.15. The standard InChI is InChI=1S/C7H5N5O/c8-12-11-3-1-2-6-4-9-5-10-7(6)13/h4-5H,3H2,(H,9,10,13). The zero-order chi connectivity index (χ0) is 9.52. The van der Waals surface area contributed by atoms with Crippen molar-refractivity contribution in [1.29, 1.82) is 0 Å². The van der Waals surface area contributed by atoms with Gasteiger partial charge < -0.3 is 4.98 Å². The minimum Gasteiger partial charge on any atom is -0.312 e. The van der Waals surface area contributed by atoms with Gasteiger partial charge in [-0.3, -0.25) is 4.79 Å². The van der Waals surface area contributed by atoms with E-state index in [4.69, 9.17) is 5.53 Å². The molecule has 0 amide bonds. The average Bonchev–Trinajstić information content (AvgIpc) is 2.15. The van der Waals surface area contributed by atoms with Crippen molar-refractivity contribution in [1.82, 2.24) is 9.97 Å². The van der Waals surface area contributed by atoms with Gasteiger partial charge in [-0.15, -0.1) is 0 Å². The molecule has 1 heterocycles. The Morgan fingerprint density at radius 1 is 1.77 bits per heavy atom. The first-order valence-corrected chi connectivity index (χ1v) is 3.37. The number of hydrogen-bond acceptors (Lipinski definition) is 3. The third-order valence-electron chi connectivity index (χ3n) is 1.15. The van der Waals surface area contributed by atoms with Crippen LogP contribution >= 0.6 is 0 Å². The molecule has 0 bridgehead atoms. The number of azide groups is 1. The molecular weight excluding hydrogens is 170 g/mol. The SMILES string of the molecule is [N-]=[N+]=NCC#Cc1cnc[nH]c1=O. The number of rotatable bonds is 1. The van der Waals surface area contributed by atoms with E-state index < -0.39 is 0 Å². The molecule has 0 saturated carbocycles. The smallest absolute Gasteiger partial charge is 0.266 e. The Morgan fingerprint density at radius 3 is 3.31 bits per heavy atom. The molecule has 13 heavy (non-hydrogen) atoms. The average molecular weight is 175 g/mol. The van der Waals surface area contributed by atoms with Crippen molar-refractivity contribution in [3.8, 4) is 11.8 Å². The molecule has 0 aliphatic rings. The second-order valence-electron chi connectivity index (χ2n) is 1.99. The van der Waals surface area contributed by atoms with Gasteiger partial charge in [0.1, 0.15) is 5.56 Å². The van der Waals surface area contributed by atoms with Crippen LogP contribution in [0.4, 0.5) is 0 Å². The van der Waals surface area contributed by atoms with Gasteiger partial charge in [-0.2, -0.15) is 0 Å². The summed E-state index contributed by atoms with van der Waals surface area (Å²) in [6, 6.07) is 0. The van der Waals surface area contributed by atoms with E-state index in [9.17, 15) is 4.79 Å². The third kappa shape index (κ3) is 2.69. The number of aromatic amines is 1. The molecule has 1 aromatic heterocycles. The topological polar surface area (TPSA) is 94.5 Å². The number of nitrogens with zero attached hydrogens (tertiary/aromatic N) is 4. The Bertz CT molecular complexity index is 446. The van der Waals surface area contributed by atoms with Crippen LogP contribution < -0.4 is 5.56 Å². The van der Waals surface area contributed by atoms with Gasteiger partial charge in [-0.25, -0.2) is 4.98 Å². The highest BCUT2D eigenvalue weighted by Gasteiger charge is 1.90. The maximum Gasteiger partial charge on any atom is 0.266 e. The molecule has 0 spiro atoms. The van der Waals surface area contributed by atoms with Crippen LogP contribution in [-0.2, 0) is 0 Å². The predicted octanol–water partition coefficient (Wildman–Crippen LogP) is 0.432. The molecule has 0 aliphatic heterocycles. The van der Waals surface area contributed by atoms with Crippen molar-refractivity contribution < 1.29 is 0 Å². The number of aromatic nitrogens is 2. The normalized spacial score (nSPS) is 8.00. The van der Waals surface area contributed by atoms with E-state index >= 15 is 0 Å². The van der Waals surface area contributed by atoms with Crippen LogP contribution in [0, 0.1) is 11.8 Å². The lowest BCUT2D eigenvalue weighted by molar-refractivity contribution is 1.10. The molecule has 6 nitrogen and oxygen atoms in total. The van der Waals surface area contributed by atoms with Crippen molar-refractivity contribution >= 4 is 0 Å². The van der Waals surface area contributed by atoms with E-state index in [1.54, 1.807) is 0 Å². The maximum absolute atomic E-state index is 11.0. The summed E-state index contributed by atoms with van der Waals surface area (Å²) in [6.07, 6.45) is 2.63. The van der Waals surface area contributed by atoms with Crippen LogP contribution in [0.2, 0.25) is 0 Å². The van der Waals surface area contributed by atoms with Gasteiger partial charge in [0.25, 0.3) is 5.56 Å². The quantitative estimate of drug-likeness (QED) is 0.290. The summed E-state index contributed by atoms with van der Waals surface area (Å²) in [6.45, 7) is 0.0465. The number of nitrogens with one attached hydrogen (secondary N) is 1. The van der Waals surface area contributed by atoms with Crippen molar-refractivity contribution in [2.75, 3.05) is 6.54 Å². The monoisotopic (exact) mass is 175 g/mol. The van der Waals surface area contributed by atoms with E-state index in [2.05, 4.69) is 31.8 Å². The molecule has 1 aromatic rings. The van der Waals surface area contributed by atoms with Crippen LogP contribution in [0.15, 0.2) is 22.4 Å². The molecule has 0 fully saturated rings. The Kier molecular flexibility index (Phi) is 3.12. The molecule has 0 atom stereocenters. The summed E-state index contributed by atoms with van der Waals surface area (Å²) in [7, 11) is 0. The van der Waals surface area contributed by atoms with Crippen LogP contribution in [0.25, 0.3) is 10.4 Å². The van der Waals surface area contributed by atoms with Gasteiger partial charge >= 0.3 is 0 Å². The molecule has 6 heteroatoms. The molecule has 0 aromatic carbocycles. The molecule has 0 aliphatic carbocycles. The van der Waals surface area contributed by atoms with Gasteiger partial charge in [-0.05, 0) is 5.53 Å². The van der Waals surface area contributed by atoms with E-state index in [1.807, 2.05) is 0 Å². The zero-order valence-corrected chi connectivity index (χ0v) is 6.56. The summed E-state index contributed by atoms with van der Waals surface area (Å²) >= 11 is 0. The van der Waals surface area contributed by atoms with Gasteiger partial charge in [-0.1, -0.05) is 17.0 Å². The summed E-state index contributed by atoms with van der Waals surface area (Å²) < 4.78 is 0. The summed E-state index contributed by atoms with van der Waals surface area (Å²) in [5.74, 6) is 5.04. The molecular formula is C7H5N5O. The van der Waals surface area contributed by atoms with Crippen molar-refractivity contribution in [3.05, 3.63) is 38.9 Å². The minimum atomic E-state index is -0.302. The van der Waals surface area contributed by atoms with Crippen LogP contribution in [0.3, 0.4) is 0 Å². The summed E-state index contributed by atoms with van der Waals surface area (Å²) in [5.41, 5.74) is 7.89. The van der Waals surface area contributed by atoms with Crippen LogP contribution in [0.5, 0.6) is 0 Å². The van der Waals surface area contributed by atoms with Crippen molar-refractivity contribution in [2.24, 2.45) is 5.11 Å². The molecule has 64 valence electrons. The van der Waals surface area contributed by atoms with Gasteiger partial charge in [0.05, 0.1) is 12.9 Å². The van der Waals surface area contributed by atoms with Gasteiger partial charge in [0.15, 0.2) is 0 Å². The predicted molar refractivity (Wildman–Crippen MR) is 45.7 cm³/mol. The zero-order valence-electron chi connectivity index (χ0n) is 6.56. The van der Waals surface area contributed by atoms with E-state index in [-0.39, 0.29) is 17.7 Å². The van der Waals surface area contributed by atoms with Crippen LogP contribution in [-0.4, -0.2) is 16.5 Å². The summed E-state index contributed by atoms with van der Waals surface area (Å²) in [5, 5.41) is 3.19. The first kappa shape index (κ1) is 8.84. The Balaban J connectivity index is 2.83. The van der Waals surface area contributed by atoms with E-state index in [1.165, 1.54) is 12.5 Å². The molecule has 1 N–H and O–H groups in total. The Hall–Kier alpha value is -2.25. The lowest BCUT2D eigenvalue weighted by Crippen LogP contribution is -2.09. The molecule has 0 unspecified atom stereocenters. The Morgan fingerprint density at radius 2 is 2.62 bits per heavy atom. The lowest BCUT2D eigenvalue weighted by atomic mass is 10.3. The van der Waals surface area contributed by atoms with Gasteiger partial charge in [0.2, 0.25) is 0 Å². The fourth-order valence-corrected chi connectivity index (χ4v) is 0.635. The highest BCUT2D eigenvalue weighted by atomic mass is 16.1.